The Morgan fingerprint density at radius 3 is 2.53 bits per heavy atom. The van der Waals surface area contributed by atoms with Crippen LogP contribution in [0.4, 0.5) is 0 Å². The highest BCUT2D eigenvalue weighted by Gasteiger charge is 2.24. The summed E-state index contributed by atoms with van der Waals surface area (Å²) in [6.07, 6.45) is 1.72. The number of ether oxygens (including phenoxy) is 1. The highest BCUT2D eigenvalue weighted by atomic mass is 16.5. The maximum atomic E-state index is 11.3. The van der Waals surface area contributed by atoms with E-state index >= 15 is 0 Å². The minimum atomic E-state index is -0.397. The summed E-state index contributed by atoms with van der Waals surface area (Å²) in [4.78, 5) is 11.3. The molecule has 100 valence electrons. The van der Waals surface area contributed by atoms with Crippen LogP contribution in [0.5, 0.6) is 0 Å². The van der Waals surface area contributed by atoms with Crippen LogP contribution >= 0.6 is 0 Å². The average molecular weight is 258 g/mol. The van der Waals surface area contributed by atoms with Crippen molar-refractivity contribution in [3.63, 3.8) is 0 Å². The predicted octanol–water partition coefficient (Wildman–Crippen LogP) is 0.906. The molecule has 0 amide bonds. The molecule has 19 heavy (non-hydrogen) atoms. The van der Waals surface area contributed by atoms with Gasteiger partial charge in [0.15, 0.2) is 0 Å². The molecular weight excluding hydrogens is 240 g/mol. The van der Waals surface area contributed by atoms with Gasteiger partial charge in [0.25, 0.3) is 0 Å². The Morgan fingerprint density at radius 1 is 1.32 bits per heavy atom. The van der Waals surface area contributed by atoms with Crippen LogP contribution in [0.2, 0.25) is 0 Å². The molecule has 0 radical (unpaired) electrons. The van der Waals surface area contributed by atoms with E-state index in [1.807, 2.05) is 12.1 Å². The van der Waals surface area contributed by atoms with Gasteiger partial charge in [0.05, 0.1) is 18.2 Å². The van der Waals surface area contributed by atoms with Crippen molar-refractivity contribution in [1.82, 2.24) is 5.32 Å². The standard InChI is InChI=1S/C15H18N2O2/c1-19-14(18)13-4-2-12(3-5-13)6-7-15(16)8-10-17-11-9-15/h2-5,17H,8-11,16H2,1H3. The third-order valence-electron chi connectivity index (χ3n) is 3.26. The van der Waals surface area contributed by atoms with Gasteiger partial charge in [-0.3, -0.25) is 0 Å². The summed E-state index contributed by atoms with van der Waals surface area (Å²) in [6.45, 7) is 1.82. The lowest BCUT2D eigenvalue weighted by Crippen LogP contribution is -2.47. The summed E-state index contributed by atoms with van der Waals surface area (Å²) < 4.78 is 4.65. The Morgan fingerprint density at radius 2 is 1.95 bits per heavy atom. The van der Waals surface area contributed by atoms with Crippen LogP contribution in [0.3, 0.4) is 0 Å². The Kier molecular flexibility index (Phi) is 4.20. The Balaban J connectivity index is 2.09. The predicted molar refractivity (Wildman–Crippen MR) is 73.7 cm³/mol. The number of hydrogen-bond acceptors (Lipinski definition) is 4. The fraction of sp³-hybridized carbons (Fsp3) is 0.400. The fourth-order valence-electron chi connectivity index (χ4n) is 2.00. The molecule has 2 rings (SSSR count). The Bertz CT molecular complexity index is 505. The van der Waals surface area contributed by atoms with Crippen LogP contribution in [0.25, 0.3) is 0 Å². The molecule has 0 aliphatic carbocycles. The summed E-state index contributed by atoms with van der Waals surface area (Å²) in [5.74, 6) is 5.89. The van der Waals surface area contributed by atoms with Gasteiger partial charge >= 0.3 is 5.97 Å². The Hall–Kier alpha value is -1.83. The van der Waals surface area contributed by atoms with E-state index in [1.54, 1.807) is 12.1 Å². The van der Waals surface area contributed by atoms with E-state index in [9.17, 15) is 4.79 Å². The maximum Gasteiger partial charge on any atom is 0.337 e. The van der Waals surface area contributed by atoms with Crippen LogP contribution in [0.15, 0.2) is 24.3 Å². The van der Waals surface area contributed by atoms with Gasteiger partial charge in [-0.05, 0) is 50.2 Å². The molecule has 1 aromatic rings. The molecule has 1 aromatic carbocycles. The molecule has 1 fully saturated rings. The Labute approximate surface area is 113 Å². The second-order valence-corrected chi connectivity index (χ2v) is 4.73. The number of carbonyl (C=O) groups is 1. The van der Waals surface area contributed by atoms with Crippen molar-refractivity contribution >= 4 is 5.97 Å². The largest absolute Gasteiger partial charge is 0.465 e. The zero-order chi connectivity index (χ0) is 13.7. The van der Waals surface area contributed by atoms with E-state index in [1.165, 1.54) is 7.11 Å². The van der Waals surface area contributed by atoms with Crippen molar-refractivity contribution in [1.29, 1.82) is 0 Å². The van der Waals surface area contributed by atoms with E-state index in [4.69, 9.17) is 5.73 Å². The van der Waals surface area contributed by atoms with Crippen LogP contribution in [-0.4, -0.2) is 31.7 Å². The minimum absolute atomic E-state index is 0.340. The third-order valence-corrected chi connectivity index (χ3v) is 3.26. The summed E-state index contributed by atoms with van der Waals surface area (Å²) in [5, 5.41) is 3.27. The molecular formula is C15H18N2O2. The molecule has 1 saturated heterocycles. The average Bonchev–Trinajstić information content (AvgIpc) is 2.46. The first-order valence-corrected chi connectivity index (χ1v) is 6.34. The van der Waals surface area contributed by atoms with Gasteiger partial charge in [0, 0.05) is 5.56 Å². The fourth-order valence-corrected chi connectivity index (χ4v) is 2.00. The number of methoxy groups -OCH3 is 1. The van der Waals surface area contributed by atoms with E-state index in [0.717, 1.165) is 31.5 Å². The number of piperidine rings is 1. The lowest BCUT2D eigenvalue weighted by Gasteiger charge is -2.28. The van der Waals surface area contributed by atoms with Gasteiger partial charge in [-0.1, -0.05) is 11.8 Å². The second kappa shape index (κ2) is 5.87. The van der Waals surface area contributed by atoms with Gasteiger partial charge in [-0.25, -0.2) is 4.79 Å². The zero-order valence-corrected chi connectivity index (χ0v) is 11.0. The second-order valence-electron chi connectivity index (χ2n) is 4.73. The normalized spacial score (nSPS) is 17.2. The number of carbonyl (C=O) groups excluding carboxylic acids is 1. The zero-order valence-electron chi connectivity index (χ0n) is 11.0. The molecule has 1 aliphatic heterocycles. The molecule has 0 spiro atoms. The van der Waals surface area contributed by atoms with Crippen LogP contribution in [0, 0.1) is 11.8 Å². The van der Waals surface area contributed by atoms with Crippen molar-refractivity contribution < 1.29 is 9.53 Å². The summed E-state index contributed by atoms with van der Waals surface area (Å²) >= 11 is 0. The summed E-state index contributed by atoms with van der Waals surface area (Å²) in [7, 11) is 1.37. The summed E-state index contributed by atoms with van der Waals surface area (Å²) in [5.41, 5.74) is 7.21. The van der Waals surface area contributed by atoms with E-state index in [-0.39, 0.29) is 5.97 Å². The van der Waals surface area contributed by atoms with Crippen LogP contribution in [0.1, 0.15) is 28.8 Å². The van der Waals surface area contributed by atoms with Crippen LogP contribution in [-0.2, 0) is 4.74 Å². The van der Waals surface area contributed by atoms with Gasteiger partial charge in [-0.2, -0.15) is 0 Å². The molecule has 0 unspecified atom stereocenters. The first kappa shape index (κ1) is 13.6. The number of rotatable bonds is 1. The molecule has 0 saturated carbocycles. The number of benzene rings is 1. The monoisotopic (exact) mass is 258 g/mol. The van der Waals surface area contributed by atoms with E-state index in [0.29, 0.717) is 5.56 Å². The summed E-state index contributed by atoms with van der Waals surface area (Å²) in [6, 6.07) is 7.04. The quantitative estimate of drug-likeness (QED) is 0.580. The first-order valence-electron chi connectivity index (χ1n) is 6.34. The van der Waals surface area contributed by atoms with Crippen molar-refractivity contribution in [3.8, 4) is 11.8 Å². The smallest absolute Gasteiger partial charge is 0.337 e. The lowest BCUT2D eigenvalue weighted by molar-refractivity contribution is 0.0600. The third kappa shape index (κ3) is 3.57. The molecule has 1 aliphatic rings. The van der Waals surface area contributed by atoms with Crippen LogP contribution < -0.4 is 11.1 Å². The van der Waals surface area contributed by atoms with E-state index in [2.05, 4.69) is 21.9 Å². The van der Waals surface area contributed by atoms with Crippen molar-refractivity contribution in [3.05, 3.63) is 35.4 Å². The topological polar surface area (TPSA) is 64.3 Å². The maximum absolute atomic E-state index is 11.3. The molecule has 4 heteroatoms. The SMILES string of the molecule is COC(=O)c1ccc(C#CC2(N)CCNCC2)cc1. The van der Waals surface area contributed by atoms with Gasteiger partial charge in [0.2, 0.25) is 0 Å². The van der Waals surface area contributed by atoms with Gasteiger partial charge in [-0.15, -0.1) is 0 Å². The number of nitrogens with one attached hydrogen (secondary N) is 1. The van der Waals surface area contributed by atoms with Crippen molar-refractivity contribution in [2.75, 3.05) is 20.2 Å². The lowest BCUT2D eigenvalue weighted by atomic mass is 9.90. The molecule has 0 aromatic heterocycles. The van der Waals surface area contributed by atoms with Gasteiger partial charge < -0.3 is 15.8 Å². The highest BCUT2D eigenvalue weighted by molar-refractivity contribution is 5.89. The van der Waals surface area contributed by atoms with Crippen molar-refractivity contribution in [2.45, 2.75) is 18.4 Å². The number of nitrogens with two attached hydrogens (primary N) is 1. The molecule has 1 heterocycles. The highest BCUT2D eigenvalue weighted by Crippen LogP contribution is 2.14. The number of hydrogen-bond donors (Lipinski definition) is 2. The molecule has 0 atom stereocenters. The van der Waals surface area contributed by atoms with E-state index < -0.39 is 5.54 Å². The first-order chi connectivity index (χ1) is 9.13. The minimum Gasteiger partial charge on any atom is -0.465 e. The van der Waals surface area contributed by atoms with Gasteiger partial charge in [0.1, 0.15) is 0 Å². The molecule has 0 bridgehead atoms. The van der Waals surface area contributed by atoms with Crippen molar-refractivity contribution in [2.24, 2.45) is 5.73 Å². The molecule has 3 N–H and O–H groups in total. The number of esters is 1. The molecule has 4 nitrogen and oxygen atoms in total.